The van der Waals surface area contributed by atoms with Gasteiger partial charge >= 0.3 is 7.82 Å². The van der Waals surface area contributed by atoms with Gasteiger partial charge in [0, 0.05) is 13.7 Å². The van der Waals surface area contributed by atoms with Crippen molar-refractivity contribution in [3.63, 3.8) is 0 Å². The monoisotopic (exact) mass is 492 g/mol. The molecule has 0 aliphatic rings. The number of nitrogens with zero attached hydrogens (tertiary/aromatic N) is 1. The summed E-state index contributed by atoms with van der Waals surface area (Å²) in [5, 5.41) is 0. The van der Waals surface area contributed by atoms with Gasteiger partial charge in [0.15, 0.2) is 0 Å². The van der Waals surface area contributed by atoms with E-state index in [0.29, 0.717) is 24.2 Å². The second-order valence-electron chi connectivity index (χ2n) is 9.41. The number of unbranched alkanes of at least 4 members (excludes halogenated alkanes) is 7. The van der Waals surface area contributed by atoms with Crippen molar-refractivity contribution in [2.75, 3.05) is 61.2 Å². The first-order valence-electron chi connectivity index (χ1n) is 12.5. The van der Waals surface area contributed by atoms with E-state index in [2.05, 4.69) is 31.2 Å². The SMILES string of the molecule is CCC/C=C\CCCC/C=C\CCCCCOC[C@H](COP(=O)(O)OCC[N+](C)(C)C)OC. The fraction of sp³-hybridized carbons (Fsp3) is 0.840. The van der Waals surface area contributed by atoms with E-state index in [1.807, 2.05) is 21.1 Å². The molecule has 0 amide bonds. The topological polar surface area (TPSA) is 74.2 Å². The van der Waals surface area contributed by atoms with Gasteiger partial charge in [-0.05, 0) is 51.4 Å². The van der Waals surface area contributed by atoms with Crippen molar-refractivity contribution in [3.05, 3.63) is 24.3 Å². The number of quaternary nitrogens is 1. The predicted molar refractivity (Wildman–Crippen MR) is 136 cm³/mol. The Morgan fingerprint density at radius 3 is 1.94 bits per heavy atom. The summed E-state index contributed by atoms with van der Waals surface area (Å²) in [4.78, 5) is 9.77. The zero-order chi connectivity index (χ0) is 24.8. The molecule has 2 atom stereocenters. The molecule has 0 saturated heterocycles. The number of hydrogen-bond donors (Lipinski definition) is 1. The summed E-state index contributed by atoms with van der Waals surface area (Å²) in [5.74, 6) is 0. The molecule has 0 aromatic rings. The number of ether oxygens (including phenoxy) is 2. The Kier molecular flexibility index (Phi) is 20.5. The summed E-state index contributed by atoms with van der Waals surface area (Å²) >= 11 is 0. The van der Waals surface area contributed by atoms with Crippen LogP contribution < -0.4 is 0 Å². The molecule has 0 fully saturated rings. The highest BCUT2D eigenvalue weighted by Gasteiger charge is 2.24. The van der Waals surface area contributed by atoms with Crippen LogP contribution in [0.1, 0.15) is 71.1 Å². The summed E-state index contributed by atoms with van der Waals surface area (Å²) in [6, 6.07) is 0. The smallest absolute Gasteiger partial charge is 0.379 e. The molecule has 0 aromatic carbocycles. The summed E-state index contributed by atoms with van der Waals surface area (Å²) in [6.45, 7) is 3.89. The van der Waals surface area contributed by atoms with Crippen LogP contribution in [0.5, 0.6) is 0 Å². The maximum atomic E-state index is 11.9. The molecule has 7 nitrogen and oxygen atoms in total. The number of hydrogen-bond acceptors (Lipinski definition) is 5. The molecule has 0 aromatic heterocycles. The molecule has 8 heteroatoms. The molecular weight excluding hydrogens is 441 g/mol. The Morgan fingerprint density at radius 2 is 1.39 bits per heavy atom. The standard InChI is InChI=1S/C25H50NO6P/c1-6-7-8-9-10-11-12-13-14-15-16-17-18-19-21-30-23-25(29-5)24-32-33(27,28)31-22-20-26(2,3)4/h8-9,14-15,25H,6-7,10-13,16-24H2,1-5H3/p+1/b9-8-,15-14-/t25-/m1/s1. The van der Waals surface area contributed by atoms with Crippen molar-refractivity contribution in [1.29, 1.82) is 0 Å². The second kappa shape index (κ2) is 20.8. The van der Waals surface area contributed by atoms with Gasteiger partial charge in [-0.25, -0.2) is 4.57 Å². The normalized spacial score (nSPS) is 15.5. The Morgan fingerprint density at radius 1 is 0.818 bits per heavy atom. The van der Waals surface area contributed by atoms with Crippen molar-refractivity contribution >= 4 is 7.82 Å². The average Bonchev–Trinajstić information content (AvgIpc) is 2.74. The van der Waals surface area contributed by atoms with Gasteiger partial charge in [0.05, 0.1) is 34.4 Å². The molecule has 1 N–H and O–H groups in total. The van der Waals surface area contributed by atoms with E-state index >= 15 is 0 Å². The molecule has 0 aliphatic heterocycles. The van der Waals surface area contributed by atoms with Crippen LogP contribution in [-0.4, -0.2) is 76.7 Å². The second-order valence-corrected chi connectivity index (χ2v) is 10.9. The number of allylic oxidation sites excluding steroid dienone is 4. The van der Waals surface area contributed by atoms with E-state index in [-0.39, 0.29) is 13.2 Å². The highest BCUT2D eigenvalue weighted by atomic mass is 31.2. The minimum absolute atomic E-state index is 0.0471. The van der Waals surface area contributed by atoms with Crippen molar-refractivity contribution in [3.8, 4) is 0 Å². The Balaban J connectivity index is 3.65. The minimum atomic E-state index is -4.08. The van der Waals surface area contributed by atoms with Crippen LogP contribution >= 0.6 is 7.82 Å². The van der Waals surface area contributed by atoms with Gasteiger partial charge < -0.3 is 18.9 Å². The van der Waals surface area contributed by atoms with Crippen LogP contribution in [0.3, 0.4) is 0 Å². The minimum Gasteiger partial charge on any atom is -0.379 e. The third kappa shape index (κ3) is 24.4. The lowest BCUT2D eigenvalue weighted by Gasteiger charge is -2.24. The summed E-state index contributed by atoms with van der Waals surface area (Å²) in [5.41, 5.74) is 0. The molecule has 1 unspecified atom stereocenters. The van der Waals surface area contributed by atoms with E-state index in [1.165, 1.54) is 45.6 Å². The zero-order valence-electron chi connectivity index (χ0n) is 21.9. The van der Waals surface area contributed by atoms with Crippen LogP contribution in [0.15, 0.2) is 24.3 Å². The summed E-state index contributed by atoms with van der Waals surface area (Å²) in [7, 11) is 3.41. The lowest BCUT2D eigenvalue weighted by atomic mass is 10.1. The summed E-state index contributed by atoms with van der Waals surface area (Å²) in [6.07, 6.45) is 20.5. The first-order chi connectivity index (χ1) is 15.7. The average molecular weight is 493 g/mol. The Bertz CT molecular complexity index is 548. The zero-order valence-corrected chi connectivity index (χ0v) is 22.8. The van der Waals surface area contributed by atoms with E-state index in [4.69, 9.17) is 18.5 Å². The molecule has 0 bridgehead atoms. The van der Waals surface area contributed by atoms with E-state index in [1.54, 1.807) is 0 Å². The molecule has 33 heavy (non-hydrogen) atoms. The quantitative estimate of drug-likeness (QED) is 0.0830. The maximum absolute atomic E-state index is 11.9. The third-order valence-electron chi connectivity index (χ3n) is 5.02. The van der Waals surface area contributed by atoms with Gasteiger partial charge in [0.2, 0.25) is 0 Å². The van der Waals surface area contributed by atoms with E-state index in [9.17, 15) is 9.46 Å². The number of phosphoric acid groups is 1. The maximum Gasteiger partial charge on any atom is 0.472 e. The van der Waals surface area contributed by atoms with Gasteiger partial charge in [0.1, 0.15) is 19.3 Å². The van der Waals surface area contributed by atoms with Crippen molar-refractivity contribution < 1.29 is 32.5 Å². The van der Waals surface area contributed by atoms with E-state index < -0.39 is 13.9 Å². The first-order valence-corrected chi connectivity index (χ1v) is 14.0. The van der Waals surface area contributed by atoms with Crippen LogP contribution in [0, 0.1) is 0 Å². The van der Waals surface area contributed by atoms with Gasteiger partial charge in [-0.2, -0.15) is 0 Å². The van der Waals surface area contributed by atoms with E-state index in [0.717, 1.165) is 25.7 Å². The van der Waals surface area contributed by atoms with Gasteiger partial charge in [-0.15, -0.1) is 0 Å². The van der Waals surface area contributed by atoms with Gasteiger partial charge in [0.25, 0.3) is 0 Å². The third-order valence-corrected chi connectivity index (χ3v) is 6.00. The van der Waals surface area contributed by atoms with Gasteiger partial charge in [-0.3, -0.25) is 9.05 Å². The van der Waals surface area contributed by atoms with Crippen LogP contribution in [0.2, 0.25) is 0 Å². The summed E-state index contributed by atoms with van der Waals surface area (Å²) < 4.78 is 33.5. The van der Waals surface area contributed by atoms with Crippen molar-refractivity contribution in [2.45, 2.75) is 77.2 Å². The first kappa shape index (κ1) is 32.5. The van der Waals surface area contributed by atoms with Crippen LogP contribution in [-0.2, 0) is 23.1 Å². The fourth-order valence-electron chi connectivity index (χ4n) is 2.85. The fourth-order valence-corrected chi connectivity index (χ4v) is 3.59. The molecular formula is C25H51NO6P+. The lowest BCUT2D eigenvalue weighted by molar-refractivity contribution is -0.870. The molecule has 196 valence electrons. The lowest BCUT2D eigenvalue weighted by Crippen LogP contribution is -2.37. The van der Waals surface area contributed by atoms with Crippen molar-refractivity contribution in [2.24, 2.45) is 0 Å². The van der Waals surface area contributed by atoms with Crippen LogP contribution in [0.4, 0.5) is 0 Å². The highest BCUT2D eigenvalue weighted by Crippen LogP contribution is 2.43. The molecule has 0 rings (SSSR count). The molecule has 0 saturated carbocycles. The van der Waals surface area contributed by atoms with Crippen molar-refractivity contribution in [1.82, 2.24) is 0 Å². The number of rotatable bonds is 23. The number of methoxy groups -OCH3 is 1. The Labute approximate surface area is 203 Å². The molecule has 0 aliphatic carbocycles. The molecule has 0 radical (unpaired) electrons. The predicted octanol–water partition coefficient (Wildman–Crippen LogP) is 5.89. The van der Waals surface area contributed by atoms with Gasteiger partial charge in [-0.1, -0.05) is 44.1 Å². The molecule has 0 spiro atoms. The molecule has 0 heterocycles. The number of phosphoric ester groups is 1. The number of likely N-dealkylation sites (N-methyl/N-ethyl adjacent to an activating group) is 1. The highest BCUT2D eigenvalue weighted by molar-refractivity contribution is 7.47. The van der Waals surface area contributed by atoms with Crippen LogP contribution in [0.25, 0.3) is 0 Å². The Hall–Kier alpha value is -0.530. The largest absolute Gasteiger partial charge is 0.472 e.